The van der Waals surface area contributed by atoms with Crippen molar-refractivity contribution in [3.8, 4) is 0 Å². The molecule has 0 amide bonds. The predicted octanol–water partition coefficient (Wildman–Crippen LogP) is 3.18. The molecule has 6 heteroatoms. The summed E-state index contributed by atoms with van der Waals surface area (Å²) >= 11 is 2.41. The first-order valence-corrected chi connectivity index (χ1v) is 5.05. The number of carbonyl (C=O) groups is 1. The Morgan fingerprint density at radius 2 is 1.93 bits per heavy atom. The van der Waals surface area contributed by atoms with E-state index < -0.39 is 33.9 Å². The highest BCUT2D eigenvalue weighted by Gasteiger charge is 2.61. The van der Waals surface area contributed by atoms with Crippen LogP contribution in [0.15, 0.2) is 10.6 Å². The Bertz CT molecular complexity index is 320. The third kappa shape index (κ3) is 2.35. The minimum absolute atomic E-state index is 0.564. The van der Waals surface area contributed by atoms with Gasteiger partial charge in [-0.15, -0.1) is 0 Å². The molecule has 0 saturated heterocycles. The summed E-state index contributed by atoms with van der Waals surface area (Å²) in [7, 11) is 0. The molecule has 86 valence electrons. The van der Waals surface area contributed by atoms with Crippen LogP contribution in [0, 0.1) is 17.3 Å². The lowest BCUT2D eigenvalue weighted by atomic mass is 10.1. The molecular weight excluding hydrogens is 277 g/mol. The quantitative estimate of drug-likeness (QED) is 0.847. The Hall–Kier alpha value is -0.520. The number of hydrogen-bond donors (Lipinski definition) is 1. The van der Waals surface area contributed by atoms with E-state index in [0.29, 0.717) is 0 Å². The third-order valence-electron chi connectivity index (χ3n) is 2.77. The van der Waals surface area contributed by atoms with Crippen LogP contribution < -0.4 is 0 Å². The predicted molar refractivity (Wildman–Crippen MR) is 51.5 cm³/mol. The smallest absolute Gasteiger partial charge is 0.422 e. The average Bonchev–Trinajstić information content (AvgIpc) is 2.50. The lowest BCUT2D eigenvalue weighted by molar-refractivity contribution is -0.139. The van der Waals surface area contributed by atoms with Crippen LogP contribution in [-0.4, -0.2) is 17.3 Å². The highest BCUT2D eigenvalue weighted by atomic mass is 79.9. The zero-order valence-corrected chi connectivity index (χ0v) is 9.69. The molecule has 1 aliphatic carbocycles. The fourth-order valence-electron chi connectivity index (χ4n) is 1.71. The fraction of sp³-hybridized carbons (Fsp3) is 0.667. The lowest BCUT2D eigenvalue weighted by Gasteiger charge is -2.04. The minimum Gasteiger partial charge on any atom is -0.481 e. The maximum Gasteiger partial charge on any atom is 0.422 e. The normalized spacial score (nSPS) is 30.1. The van der Waals surface area contributed by atoms with Crippen molar-refractivity contribution in [1.29, 1.82) is 0 Å². The van der Waals surface area contributed by atoms with Gasteiger partial charge in [-0.05, 0) is 27.3 Å². The Morgan fingerprint density at radius 3 is 2.20 bits per heavy atom. The SMILES string of the molecule is CC1(C)[C@@H](C=C(Br)C(F)(F)F)[C@@H]1C(=O)O. The summed E-state index contributed by atoms with van der Waals surface area (Å²) in [6.07, 6.45) is -3.50. The van der Waals surface area contributed by atoms with Crippen LogP contribution in [0.4, 0.5) is 13.2 Å². The van der Waals surface area contributed by atoms with E-state index in [9.17, 15) is 18.0 Å². The van der Waals surface area contributed by atoms with E-state index in [2.05, 4.69) is 15.9 Å². The van der Waals surface area contributed by atoms with Gasteiger partial charge < -0.3 is 5.11 Å². The fourth-order valence-corrected chi connectivity index (χ4v) is 2.00. The first-order chi connectivity index (χ1) is 6.58. The number of hydrogen-bond acceptors (Lipinski definition) is 1. The first-order valence-electron chi connectivity index (χ1n) is 4.26. The van der Waals surface area contributed by atoms with Crippen LogP contribution in [0.1, 0.15) is 13.8 Å². The molecule has 1 saturated carbocycles. The van der Waals surface area contributed by atoms with Crippen molar-refractivity contribution in [2.45, 2.75) is 20.0 Å². The van der Waals surface area contributed by atoms with Crippen LogP contribution >= 0.6 is 15.9 Å². The summed E-state index contributed by atoms with van der Waals surface area (Å²) in [5, 5.41) is 8.75. The summed E-state index contributed by atoms with van der Waals surface area (Å²) in [6.45, 7) is 3.28. The zero-order chi connectivity index (χ0) is 12.0. The van der Waals surface area contributed by atoms with Gasteiger partial charge in [-0.2, -0.15) is 13.2 Å². The second-order valence-electron chi connectivity index (χ2n) is 4.18. The molecular formula is C9H10BrF3O2. The van der Waals surface area contributed by atoms with Crippen molar-refractivity contribution in [3.63, 3.8) is 0 Å². The number of aliphatic carboxylic acids is 1. The number of carboxylic acids is 1. The first kappa shape index (κ1) is 12.5. The minimum atomic E-state index is -4.44. The molecule has 1 aliphatic rings. The Morgan fingerprint density at radius 1 is 1.47 bits per heavy atom. The van der Waals surface area contributed by atoms with Gasteiger partial charge in [0.05, 0.1) is 10.4 Å². The third-order valence-corrected chi connectivity index (χ3v) is 3.49. The molecule has 0 spiro atoms. The van der Waals surface area contributed by atoms with E-state index >= 15 is 0 Å². The van der Waals surface area contributed by atoms with E-state index in [1.807, 2.05) is 0 Å². The van der Waals surface area contributed by atoms with Gasteiger partial charge in [0.15, 0.2) is 0 Å². The Balaban J connectivity index is 2.83. The summed E-state index contributed by atoms with van der Waals surface area (Å²) < 4.78 is 35.6. The van der Waals surface area contributed by atoms with Crippen molar-refractivity contribution < 1.29 is 23.1 Å². The highest BCUT2D eigenvalue weighted by molar-refractivity contribution is 9.11. The van der Waals surface area contributed by atoms with E-state index in [-0.39, 0.29) is 0 Å². The topological polar surface area (TPSA) is 37.3 Å². The van der Waals surface area contributed by atoms with Crippen molar-refractivity contribution in [2.24, 2.45) is 17.3 Å². The standard InChI is InChI=1S/C9H10BrF3O2/c1-8(2)4(6(8)7(14)15)3-5(10)9(11,12)13/h3-4,6H,1-2H3,(H,14,15)/t4-,6+/m0/s1. The van der Waals surface area contributed by atoms with Gasteiger partial charge >= 0.3 is 12.1 Å². The summed E-state index contributed by atoms with van der Waals surface area (Å²) in [5.41, 5.74) is -0.601. The summed E-state index contributed by atoms with van der Waals surface area (Å²) in [4.78, 5) is 10.7. The highest BCUT2D eigenvalue weighted by Crippen LogP contribution is 2.60. The molecule has 0 aromatic carbocycles. The Labute approximate surface area is 93.3 Å². The molecule has 0 heterocycles. The van der Waals surface area contributed by atoms with Crippen LogP contribution in [0.25, 0.3) is 0 Å². The number of rotatable bonds is 2. The molecule has 0 bridgehead atoms. The van der Waals surface area contributed by atoms with Gasteiger partial charge in [0.2, 0.25) is 0 Å². The molecule has 2 atom stereocenters. The maximum absolute atomic E-state index is 12.2. The van der Waals surface area contributed by atoms with Gasteiger partial charge in [0.25, 0.3) is 0 Å². The van der Waals surface area contributed by atoms with Gasteiger partial charge in [-0.1, -0.05) is 19.9 Å². The van der Waals surface area contributed by atoms with Crippen molar-refractivity contribution in [3.05, 3.63) is 10.6 Å². The second-order valence-corrected chi connectivity index (χ2v) is 5.03. The molecule has 0 unspecified atom stereocenters. The monoisotopic (exact) mass is 286 g/mol. The van der Waals surface area contributed by atoms with Gasteiger partial charge in [-0.3, -0.25) is 4.79 Å². The van der Waals surface area contributed by atoms with Gasteiger partial charge in [-0.25, -0.2) is 0 Å². The molecule has 1 rings (SSSR count). The molecule has 0 aromatic heterocycles. The van der Waals surface area contributed by atoms with Gasteiger partial charge in [0, 0.05) is 0 Å². The van der Waals surface area contributed by atoms with Crippen molar-refractivity contribution >= 4 is 21.9 Å². The molecule has 0 radical (unpaired) electrons. The number of carboxylic acid groups (broad SMARTS) is 1. The van der Waals surface area contributed by atoms with Gasteiger partial charge in [0.1, 0.15) is 0 Å². The second kappa shape index (κ2) is 3.50. The van der Waals surface area contributed by atoms with E-state index in [1.54, 1.807) is 13.8 Å². The van der Waals surface area contributed by atoms with Crippen LogP contribution in [0.3, 0.4) is 0 Å². The largest absolute Gasteiger partial charge is 0.481 e. The summed E-state index contributed by atoms with van der Waals surface area (Å²) in [5.74, 6) is -2.35. The molecule has 0 aromatic rings. The van der Waals surface area contributed by atoms with E-state index in [0.717, 1.165) is 6.08 Å². The van der Waals surface area contributed by atoms with Crippen molar-refractivity contribution in [2.75, 3.05) is 0 Å². The van der Waals surface area contributed by atoms with Crippen LogP contribution in [-0.2, 0) is 4.79 Å². The maximum atomic E-state index is 12.2. The molecule has 0 aliphatic heterocycles. The van der Waals surface area contributed by atoms with E-state index in [1.165, 1.54) is 0 Å². The summed E-state index contributed by atoms with van der Waals surface area (Å²) in [6, 6.07) is 0. The Kier molecular flexibility index (Phi) is 2.93. The van der Waals surface area contributed by atoms with Crippen molar-refractivity contribution in [1.82, 2.24) is 0 Å². The van der Waals surface area contributed by atoms with Crippen LogP contribution in [0.5, 0.6) is 0 Å². The number of halogens is 4. The van der Waals surface area contributed by atoms with E-state index in [4.69, 9.17) is 5.11 Å². The number of allylic oxidation sites excluding steroid dienone is 2. The number of alkyl halides is 3. The zero-order valence-electron chi connectivity index (χ0n) is 8.10. The molecule has 1 N–H and O–H groups in total. The van der Waals surface area contributed by atoms with Crippen LogP contribution in [0.2, 0.25) is 0 Å². The lowest BCUT2D eigenvalue weighted by Crippen LogP contribution is -2.07. The molecule has 1 fully saturated rings. The average molecular weight is 287 g/mol. The molecule has 15 heavy (non-hydrogen) atoms. The molecule has 2 nitrogen and oxygen atoms in total.